The minimum absolute atomic E-state index is 0.189. The fourth-order valence-electron chi connectivity index (χ4n) is 2.65. The van der Waals surface area contributed by atoms with Crippen molar-refractivity contribution in [1.29, 1.82) is 0 Å². The fourth-order valence-corrected chi connectivity index (χ4v) is 2.65. The number of rotatable bonds is 5. The van der Waals surface area contributed by atoms with Crippen molar-refractivity contribution in [3.63, 3.8) is 0 Å². The normalized spacial score (nSPS) is 14.6. The van der Waals surface area contributed by atoms with Gasteiger partial charge in [-0.25, -0.2) is 9.97 Å². The Labute approximate surface area is 136 Å². The Hall–Kier alpha value is -2.63. The minimum atomic E-state index is 0.189. The van der Waals surface area contributed by atoms with Crippen molar-refractivity contribution in [3.8, 4) is 0 Å². The molecule has 1 aliphatic rings. The number of anilines is 2. The number of nitrogens with zero attached hydrogens (tertiary/aromatic N) is 4. The molecule has 0 atom stereocenters. The third kappa shape index (κ3) is 4.18. The van der Waals surface area contributed by atoms with Crippen LogP contribution in [0.15, 0.2) is 48.8 Å². The van der Waals surface area contributed by atoms with Gasteiger partial charge in [0, 0.05) is 51.5 Å². The zero-order valence-electron chi connectivity index (χ0n) is 13.1. The van der Waals surface area contributed by atoms with Gasteiger partial charge in [-0.3, -0.25) is 4.79 Å². The van der Waals surface area contributed by atoms with E-state index in [-0.39, 0.29) is 5.91 Å². The lowest BCUT2D eigenvalue weighted by Gasteiger charge is -2.35. The van der Waals surface area contributed by atoms with Crippen LogP contribution in [0.2, 0.25) is 0 Å². The summed E-state index contributed by atoms with van der Waals surface area (Å²) in [6.07, 6.45) is 4.03. The summed E-state index contributed by atoms with van der Waals surface area (Å²) >= 11 is 0. The molecule has 2 aromatic heterocycles. The molecule has 0 unspecified atom stereocenters. The molecule has 0 aromatic carbocycles. The number of nitrogens with one attached hydrogen (secondary N) is 1. The highest BCUT2D eigenvalue weighted by Gasteiger charge is 2.21. The lowest BCUT2D eigenvalue weighted by atomic mass is 10.2. The van der Waals surface area contributed by atoms with Crippen LogP contribution in [0, 0.1) is 0 Å². The van der Waals surface area contributed by atoms with E-state index in [4.69, 9.17) is 0 Å². The Balaban J connectivity index is 1.41. The third-order valence-electron chi connectivity index (χ3n) is 3.92. The summed E-state index contributed by atoms with van der Waals surface area (Å²) in [5.41, 5.74) is 0. The number of carbonyl (C=O) groups is 1. The van der Waals surface area contributed by atoms with E-state index in [1.54, 1.807) is 12.4 Å². The van der Waals surface area contributed by atoms with Crippen LogP contribution in [0.3, 0.4) is 0 Å². The van der Waals surface area contributed by atoms with E-state index in [1.807, 2.05) is 41.3 Å². The Bertz CT molecular complexity index is 611. The molecule has 0 aliphatic carbocycles. The molecule has 2 aromatic rings. The van der Waals surface area contributed by atoms with Crippen LogP contribution < -0.4 is 10.2 Å². The summed E-state index contributed by atoms with van der Waals surface area (Å²) in [5.74, 6) is 1.98. The molecule has 1 amide bonds. The summed E-state index contributed by atoms with van der Waals surface area (Å²) in [4.78, 5) is 25.0. The number of piperazine rings is 1. The third-order valence-corrected chi connectivity index (χ3v) is 3.92. The van der Waals surface area contributed by atoms with Gasteiger partial charge in [-0.2, -0.15) is 0 Å². The van der Waals surface area contributed by atoms with E-state index in [0.29, 0.717) is 13.0 Å². The largest absolute Gasteiger partial charge is 0.370 e. The van der Waals surface area contributed by atoms with Gasteiger partial charge in [0.2, 0.25) is 5.91 Å². The zero-order chi connectivity index (χ0) is 15.9. The maximum Gasteiger partial charge on any atom is 0.224 e. The van der Waals surface area contributed by atoms with Gasteiger partial charge in [0.05, 0.1) is 0 Å². The van der Waals surface area contributed by atoms with Crippen molar-refractivity contribution in [2.24, 2.45) is 0 Å². The van der Waals surface area contributed by atoms with E-state index >= 15 is 0 Å². The van der Waals surface area contributed by atoms with Crippen LogP contribution in [-0.4, -0.2) is 53.5 Å². The van der Waals surface area contributed by atoms with Gasteiger partial charge in [-0.1, -0.05) is 12.1 Å². The highest BCUT2D eigenvalue weighted by molar-refractivity contribution is 5.77. The van der Waals surface area contributed by atoms with Crippen LogP contribution >= 0.6 is 0 Å². The number of amides is 1. The first-order valence-corrected chi connectivity index (χ1v) is 7.91. The summed E-state index contributed by atoms with van der Waals surface area (Å²) in [6, 6.07) is 11.6. The number of carbonyl (C=O) groups excluding carboxylic acids is 1. The molecule has 1 fully saturated rings. The molecule has 0 radical (unpaired) electrons. The van der Waals surface area contributed by atoms with Crippen LogP contribution in [0.4, 0.5) is 11.6 Å². The monoisotopic (exact) mass is 311 g/mol. The number of hydrogen-bond donors (Lipinski definition) is 1. The molecule has 1 saturated heterocycles. The molecule has 0 saturated carbocycles. The molecular formula is C17H21N5O. The van der Waals surface area contributed by atoms with Crippen molar-refractivity contribution in [2.75, 3.05) is 42.9 Å². The first-order valence-electron chi connectivity index (χ1n) is 7.91. The second-order valence-electron chi connectivity index (χ2n) is 5.45. The summed E-state index contributed by atoms with van der Waals surface area (Å²) in [5, 5.41) is 3.17. The average Bonchev–Trinajstić information content (AvgIpc) is 2.63. The first-order chi connectivity index (χ1) is 11.3. The molecule has 23 heavy (non-hydrogen) atoms. The maximum atomic E-state index is 12.3. The van der Waals surface area contributed by atoms with Gasteiger partial charge in [0.1, 0.15) is 11.6 Å². The molecule has 6 heteroatoms. The van der Waals surface area contributed by atoms with Crippen molar-refractivity contribution in [3.05, 3.63) is 48.8 Å². The van der Waals surface area contributed by atoms with Crippen LogP contribution in [0.5, 0.6) is 0 Å². The molecular weight excluding hydrogens is 290 g/mol. The number of aromatic nitrogens is 2. The van der Waals surface area contributed by atoms with Crippen molar-refractivity contribution in [2.45, 2.75) is 6.42 Å². The smallest absolute Gasteiger partial charge is 0.224 e. The molecule has 120 valence electrons. The lowest BCUT2D eigenvalue weighted by molar-refractivity contribution is -0.131. The maximum absolute atomic E-state index is 12.3. The summed E-state index contributed by atoms with van der Waals surface area (Å²) in [7, 11) is 0. The SMILES string of the molecule is O=C(CCNc1ccccn1)N1CCN(c2ccccn2)CC1. The van der Waals surface area contributed by atoms with Crippen molar-refractivity contribution in [1.82, 2.24) is 14.9 Å². The summed E-state index contributed by atoms with van der Waals surface area (Å²) < 4.78 is 0. The Morgan fingerprint density at radius 3 is 2.39 bits per heavy atom. The topological polar surface area (TPSA) is 61.4 Å². The fraction of sp³-hybridized carbons (Fsp3) is 0.353. The van der Waals surface area contributed by atoms with E-state index in [2.05, 4.69) is 20.2 Å². The van der Waals surface area contributed by atoms with Gasteiger partial charge in [0.25, 0.3) is 0 Å². The Morgan fingerprint density at radius 1 is 1.00 bits per heavy atom. The molecule has 0 spiro atoms. The lowest BCUT2D eigenvalue weighted by Crippen LogP contribution is -2.49. The molecule has 0 bridgehead atoms. The van der Waals surface area contributed by atoms with Crippen molar-refractivity contribution < 1.29 is 4.79 Å². The zero-order valence-corrected chi connectivity index (χ0v) is 13.1. The number of hydrogen-bond acceptors (Lipinski definition) is 5. The minimum Gasteiger partial charge on any atom is -0.370 e. The Kier molecular flexibility index (Phi) is 5.03. The standard InChI is InChI=1S/C17H21N5O/c23-17(7-10-19-15-5-1-3-8-18-15)22-13-11-21(12-14-22)16-6-2-4-9-20-16/h1-6,8-9H,7,10-14H2,(H,18,19). The van der Waals surface area contributed by atoms with Crippen molar-refractivity contribution >= 4 is 17.5 Å². The van der Waals surface area contributed by atoms with E-state index in [1.165, 1.54) is 0 Å². The first kappa shape index (κ1) is 15.3. The summed E-state index contributed by atoms with van der Waals surface area (Å²) in [6.45, 7) is 3.77. The van der Waals surface area contributed by atoms with Crippen LogP contribution in [0.25, 0.3) is 0 Å². The van der Waals surface area contributed by atoms with Gasteiger partial charge in [-0.05, 0) is 24.3 Å². The van der Waals surface area contributed by atoms with Gasteiger partial charge >= 0.3 is 0 Å². The predicted molar refractivity (Wildman–Crippen MR) is 90.4 cm³/mol. The van der Waals surface area contributed by atoms with Crippen LogP contribution in [0.1, 0.15) is 6.42 Å². The van der Waals surface area contributed by atoms with Gasteiger partial charge < -0.3 is 15.1 Å². The predicted octanol–water partition coefficient (Wildman–Crippen LogP) is 1.63. The van der Waals surface area contributed by atoms with Gasteiger partial charge in [0.15, 0.2) is 0 Å². The average molecular weight is 311 g/mol. The molecule has 3 rings (SSSR count). The quantitative estimate of drug-likeness (QED) is 0.909. The van der Waals surface area contributed by atoms with E-state index in [9.17, 15) is 4.79 Å². The molecule has 1 aliphatic heterocycles. The van der Waals surface area contributed by atoms with Crippen LogP contribution in [-0.2, 0) is 4.79 Å². The second-order valence-corrected chi connectivity index (χ2v) is 5.45. The number of pyridine rings is 2. The molecule has 6 nitrogen and oxygen atoms in total. The molecule has 3 heterocycles. The highest BCUT2D eigenvalue weighted by atomic mass is 16.2. The molecule has 1 N–H and O–H groups in total. The Morgan fingerprint density at radius 2 is 1.74 bits per heavy atom. The van der Waals surface area contributed by atoms with E-state index < -0.39 is 0 Å². The highest BCUT2D eigenvalue weighted by Crippen LogP contribution is 2.13. The van der Waals surface area contributed by atoms with Gasteiger partial charge in [-0.15, -0.1) is 0 Å². The second kappa shape index (κ2) is 7.58. The van der Waals surface area contributed by atoms with E-state index in [0.717, 1.165) is 37.8 Å².